The lowest BCUT2D eigenvalue weighted by atomic mass is 9.67. The van der Waals surface area contributed by atoms with E-state index in [4.69, 9.17) is 18.9 Å². The summed E-state index contributed by atoms with van der Waals surface area (Å²) in [4.78, 5) is 12.9. The SMILES string of the molecule is COc1ccc(C2c3cc4c(cc3OC3(O)CCCC(=O)C23)OCO4)cc1. The molecular formula is C21H20O6. The maximum Gasteiger partial charge on any atom is 0.231 e. The van der Waals surface area contributed by atoms with Crippen molar-refractivity contribution in [1.82, 2.24) is 0 Å². The Balaban J connectivity index is 1.70. The molecular weight excluding hydrogens is 348 g/mol. The number of ether oxygens (including phenoxy) is 4. The second-order valence-corrected chi connectivity index (χ2v) is 7.24. The number of methoxy groups -OCH3 is 1. The Morgan fingerprint density at radius 1 is 1.11 bits per heavy atom. The van der Waals surface area contributed by atoms with Crippen LogP contribution in [-0.4, -0.2) is 30.6 Å². The topological polar surface area (TPSA) is 74.2 Å². The van der Waals surface area contributed by atoms with E-state index in [1.165, 1.54) is 0 Å². The predicted molar refractivity (Wildman–Crippen MR) is 95.3 cm³/mol. The van der Waals surface area contributed by atoms with Crippen LogP contribution >= 0.6 is 0 Å². The zero-order chi connectivity index (χ0) is 18.6. The number of hydrogen-bond donors (Lipinski definition) is 1. The first-order valence-electron chi connectivity index (χ1n) is 9.11. The van der Waals surface area contributed by atoms with Crippen molar-refractivity contribution in [3.8, 4) is 23.0 Å². The third-order valence-corrected chi connectivity index (χ3v) is 5.73. The monoisotopic (exact) mass is 368 g/mol. The molecule has 27 heavy (non-hydrogen) atoms. The maximum atomic E-state index is 12.9. The molecule has 0 spiro atoms. The molecule has 1 saturated carbocycles. The zero-order valence-corrected chi connectivity index (χ0v) is 14.9. The van der Waals surface area contributed by atoms with E-state index >= 15 is 0 Å². The number of carbonyl (C=O) groups excluding carboxylic acids is 1. The molecule has 2 aromatic carbocycles. The minimum atomic E-state index is -1.51. The van der Waals surface area contributed by atoms with E-state index in [1.807, 2.05) is 30.3 Å². The van der Waals surface area contributed by atoms with Gasteiger partial charge in [0.2, 0.25) is 12.6 Å². The Bertz CT molecular complexity index is 906. The zero-order valence-electron chi connectivity index (χ0n) is 14.9. The van der Waals surface area contributed by atoms with E-state index in [9.17, 15) is 9.90 Å². The smallest absolute Gasteiger partial charge is 0.231 e. The molecule has 1 aliphatic carbocycles. The fourth-order valence-electron chi connectivity index (χ4n) is 4.46. The number of hydrogen-bond acceptors (Lipinski definition) is 6. The highest BCUT2D eigenvalue weighted by atomic mass is 16.7. The summed E-state index contributed by atoms with van der Waals surface area (Å²) in [5.41, 5.74) is 1.76. The van der Waals surface area contributed by atoms with Gasteiger partial charge in [-0.15, -0.1) is 0 Å². The average molecular weight is 368 g/mol. The van der Waals surface area contributed by atoms with Gasteiger partial charge in [-0.05, 0) is 30.2 Å². The number of Topliss-reactive ketones (excluding diaryl/α,β-unsaturated/α-hetero) is 1. The number of carbonyl (C=O) groups is 1. The van der Waals surface area contributed by atoms with Crippen LogP contribution in [0.1, 0.15) is 36.3 Å². The quantitative estimate of drug-likeness (QED) is 0.878. The minimum Gasteiger partial charge on any atom is -0.497 e. The lowest BCUT2D eigenvalue weighted by molar-refractivity contribution is -0.206. The molecule has 5 rings (SSSR count). The predicted octanol–water partition coefficient (Wildman–Crippen LogP) is 3.01. The third-order valence-electron chi connectivity index (χ3n) is 5.73. The normalized spacial score (nSPS) is 28.1. The van der Waals surface area contributed by atoms with Crippen molar-refractivity contribution in [2.75, 3.05) is 13.9 Å². The Morgan fingerprint density at radius 3 is 2.59 bits per heavy atom. The van der Waals surface area contributed by atoms with Crippen molar-refractivity contribution in [3.05, 3.63) is 47.5 Å². The van der Waals surface area contributed by atoms with Crippen molar-refractivity contribution in [3.63, 3.8) is 0 Å². The summed E-state index contributed by atoms with van der Waals surface area (Å²) < 4.78 is 22.2. The third kappa shape index (κ3) is 2.47. The van der Waals surface area contributed by atoms with Crippen LogP contribution in [0.4, 0.5) is 0 Å². The average Bonchev–Trinajstić information content (AvgIpc) is 3.12. The molecule has 3 unspecified atom stereocenters. The van der Waals surface area contributed by atoms with E-state index in [1.54, 1.807) is 13.2 Å². The highest BCUT2D eigenvalue weighted by Gasteiger charge is 2.55. The summed E-state index contributed by atoms with van der Waals surface area (Å²) in [6.45, 7) is 0.151. The van der Waals surface area contributed by atoms with Gasteiger partial charge in [0.25, 0.3) is 0 Å². The van der Waals surface area contributed by atoms with Gasteiger partial charge < -0.3 is 24.1 Å². The standard InChI is InChI=1S/C21H20O6/c1-24-13-6-4-12(5-7-13)19-14-9-17-18(26-11-25-17)10-16(14)27-21(23)8-2-3-15(22)20(19)21/h4-7,9-10,19-20,23H,2-3,8,11H2,1H3. The van der Waals surface area contributed by atoms with Gasteiger partial charge in [0.15, 0.2) is 11.5 Å². The number of aliphatic hydroxyl groups is 1. The van der Waals surface area contributed by atoms with Crippen LogP contribution in [0.5, 0.6) is 23.0 Å². The molecule has 2 aliphatic heterocycles. The molecule has 0 amide bonds. The molecule has 0 bridgehead atoms. The molecule has 0 aromatic heterocycles. The van der Waals surface area contributed by atoms with Crippen LogP contribution in [0, 0.1) is 5.92 Å². The van der Waals surface area contributed by atoms with Gasteiger partial charge in [-0.25, -0.2) is 0 Å². The van der Waals surface area contributed by atoms with Gasteiger partial charge in [0.1, 0.15) is 17.3 Å². The van der Waals surface area contributed by atoms with Crippen molar-refractivity contribution in [2.24, 2.45) is 5.92 Å². The number of rotatable bonds is 2. The van der Waals surface area contributed by atoms with Gasteiger partial charge in [0.05, 0.1) is 13.0 Å². The van der Waals surface area contributed by atoms with Crippen molar-refractivity contribution >= 4 is 5.78 Å². The summed E-state index contributed by atoms with van der Waals surface area (Å²) in [5, 5.41) is 11.2. The van der Waals surface area contributed by atoms with E-state index in [0.717, 1.165) is 16.9 Å². The Labute approximate surface area is 156 Å². The Kier molecular flexibility index (Phi) is 3.59. The van der Waals surface area contributed by atoms with Crippen LogP contribution in [0.15, 0.2) is 36.4 Å². The molecule has 3 aliphatic rings. The molecule has 1 fully saturated rings. The van der Waals surface area contributed by atoms with Gasteiger partial charge >= 0.3 is 0 Å². The molecule has 6 heteroatoms. The van der Waals surface area contributed by atoms with Crippen molar-refractivity contribution in [2.45, 2.75) is 31.0 Å². The molecule has 2 heterocycles. The first-order valence-corrected chi connectivity index (χ1v) is 9.11. The Hall–Kier alpha value is -2.73. The van der Waals surface area contributed by atoms with Gasteiger partial charge in [-0.1, -0.05) is 12.1 Å². The largest absolute Gasteiger partial charge is 0.497 e. The molecule has 140 valence electrons. The fraction of sp³-hybridized carbons (Fsp3) is 0.381. The second-order valence-electron chi connectivity index (χ2n) is 7.24. The van der Waals surface area contributed by atoms with Crippen LogP contribution in [-0.2, 0) is 4.79 Å². The summed E-state index contributed by atoms with van der Waals surface area (Å²) in [6.07, 6.45) is 1.48. The molecule has 6 nitrogen and oxygen atoms in total. The number of fused-ring (bicyclic) bond motifs is 3. The lowest BCUT2D eigenvalue weighted by Gasteiger charge is -2.47. The lowest BCUT2D eigenvalue weighted by Crippen LogP contribution is -2.55. The summed E-state index contributed by atoms with van der Waals surface area (Å²) in [5.74, 6) is 0.0134. The summed E-state index contributed by atoms with van der Waals surface area (Å²) >= 11 is 0. The van der Waals surface area contributed by atoms with Crippen molar-refractivity contribution < 1.29 is 28.8 Å². The van der Waals surface area contributed by atoms with Gasteiger partial charge in [-0.2, -0.15) is 0 Å². The molecule has 1 N–H and O–H groups in total. The molecule has 2 aromatic rings. The highest BCUT2D eigenvalue weighted by Crippen LogP contribution is 2.54. The highest BCUT2D eigenvalue weighted by molar-refractivity contribution is 5.85. The van der Waals surface area contributed by atoms with Crippen LogP contribution in [0.3, 0.4) is 0 Å². The van der Waals surface area contributed by atoms with E-state index in [0.29, 0.717) is 36.5 Å². The molecule has 0 saturated heterocycles. The number of benzene rings is 2. The number of ketones is 1. The summed E-state index contributed by atoms with van der Waals surface area (Å²) in [6, 6.07) is 11.2. The van der Waals surface area contributed by atoms with E-state index in [2.05, 4.69) is 0 Å². The molecule has 0 radical (unpaired) electrons. The van der Waals surface area contributed by atoms with Crippen molar-refractivity contribution in [1.29, 1.82) is 0 Å². The maximum absolute atomic E-state index is 12.9. The fourth-order valence-corrected chi connectivity index (χ4v) is 4.46. The van der Waals surface area contributed by atoms with E-state index in [-0.39, 0.29) is 18.5 Å². The van der Waals surface area contributed by atoms with Crippen LogP contribution in [0.25, 0.3) is 0 Å². The van der Waals surface area contributed by atoms with Gasteiger partial charge in [-0.3, -0.25) is 4.79 Å². The second kappa shape index (κ2) is 5.89. The molecule has 3 atom stereocenters. The van der Waals surface area contributed by atoms with Gasteiger partial charge in [0, 0.05) is 30.4 Å². The first-order chi connectivity index (χ1) is 13.1. The Morgan fingerprint density at radius 2 is 1.85 bits per heavy atom. The first kappa shape index (κ1) is 16.4. The minimum absolute atomic E-state index is 0.0212. The van der Waals surface area contributed by atoms with Crippen LogP contribution in [0.2, 0.25) is 0 Å². The van der Waals surface area contributed by atoms with E-state index < -0.39 is 11.7 Å². The summed E-state index contributed by atoms with van der Waals surface area (Å²) in [7, 11) is 1.61. The van der Waals surface area contributed by atoms with Crippen LogP contribution < -0.4 is 18.9 Å².